The third-order valence-electron chi connectivity index (χ3n) is 3.57. The van der Waals surface area contributed by atoms with E-state index in [4.69, 9.17) is 4.74 Å². The van der Waals surface area contributed by atoms with Gasteiger partial charge in [0.2, 0.25) is 0 Å². The number of hydrogen-bond acceptors (Lipinski definition) is 2. The fraction of sp³-hybridized carbons (Fsp3) is 0.278. The first-order valence-corrected chi connectivity index (χ1v) is 8.24. The second-order valence-electron chi connectivity index (χ2n) is 5.20. The summed E-state index contributed by atoms with van der Waals surface area (Å²) < 4.78 is 6.34. The first-order chi connectivity index (χ1) is 11.1. The Bertz CT molecular complexity index is 686. The summed E-state index contributed by atoms with van der Waals surface area (Å²) in [5.74, 6) is 1.63. The summed E-state index contributed by atoms with van der Waals surface area (Å²) in [6.07, 6.45) is 0. The Kier molecular flexibility index (Phi) is 6.47. The van der Waals surface area contributed by atoms with E-state index >= 15 is 0 Å². The Morgan fingerprint density at radius 2 is 1.91 bits per heavy atom. The normalized spacial score (nSPS) is 11.2. The second kappa shape index (κ2) is 8.58. The number of nitrogens with one attached hydrogen (secondary N) is 2. The Labute approximate surface area is 146 Å². The molecule has 0 aliphatic heterocycles. The molecule has 23 heavy (non-hydrogen) atoms. The molecule has 0 saturated carbocycles. The van der Waals surface area contributed by atoms with E-state index in [0.717, 1.165) is 28.3 Å². The van der Waals surface area contributed by atoms with E-state index in [2.05, 4.69) is 62.7 Å². The molecule has 0 radical (unpaired) electrons. The Balaban J connectivity index is 1.90. The third-order valence-corrected chi connectivity index (χ3v) is 4.06. The minimum Gasteiger partial charge on any atom is -0.497 e. The van der Waals surface area contributed by atoms with Crippen LogP contribution in [0.3, 0.4) is 0 Å². The molecular formula is C18H22BrN3O. The number of aliphatic imine (C=N–C) groups is 1. The first-order valence-electron chi connectivity index (χ1n) is 7.45. The number of benzene rings is 2. The Morgan fingerprint density at radius 1 is 1.13 bits per heavy atom. The molecule has 0 heterocycles. The van der Waals surface area contributed by atoms with Crippen LogP contribution >= 0.6 is 15.9 Å². The topological polar surface area (TPSA) is 45.7 Å². The lowest BCUT2D eigenvalue weighted by atomic mass is 10.1. The van der Waals surface area contributed by atoms with Crippen molar-refractivity contribution in [2.45, 2.75) is 20.0 Å². The molecule has 122 valence electrons. The molecule has 2 aromatic rings. The zero-order chi connectivity index (χ0) is 16.7. The van der Waals surface area contributed by atoms with E-state index in [-0.39, 0.29) is 0 Å². The van der Waals surface area contributed by atoms with Crippen LogP contribution in [0.2, 0.25) is 0 Å². The number of halogens is 1. The predicted molar refractivity (Wildman–Crippen MR) is 98.9 cm³/mol. The average molecular weight is 376 g/mol. The number of guanidine groups is 1. The highest BCUT2D eigenvalue weighted by Gasteiger charge is 2.02. The van der Waals surface area contributed by atoms with Gasteiger partial charge in [-0.15, -0.1) is 0 Å². The second-order valence-corrected chi connectivity index (χ2v) is 6.12. The molecule has 2 rings (SSSR count). The van der Waals surface area contributed by atoms with E-state index in [1.165, 1.54) is 11.1 Å². The SMILES string of the molecule is CN=C(NCc1cccc(OC)c1)NCc1ccc(Br)cc1C. The number of nitrogens with zero attached hydrogens (tertiary/aromatic N) is 1. The van der Waals surface area contributed by atoms with Gasteiger partial charge in [0, 0.05) is 24.6 Å². The summed E-state index contributed by atoms with van der Waals surface area (Å²) in [7, 11) is 3.45. The molecule has 0 aromatic heterocycles. The molecule has 2 aromatic carbocycles. The molecule has 4 nitrogen and oxygen atoms in total. The van der Waals surface area contributed by atoms with Gasteiger partial charge >= 0.3 is 0 Å². The van der Waals surface area contributed by atoms with Crippen molar-refractivity contribution in [3.8, 4) is 5.75 Å². The van der Waals surface area contributed by atoms with E-state index in [1.54, 1.807) is 14.2 Å². The molecule has 5 heteroatoms. The van der Waals surface area contributed by atoms with Gasteiger partial charge in [0.15, 0.2) is 5.96 Å². The number of hydrogen-bond donors (Lipinski definition) is 2. The van der Waals surface area contributed by atoms with E-state index in [9.17, 15) is 0 Å². The Morgan fingerprint density at radius 3 is 2.61 bits per heavy atom. The molecule has 0 atom stereocenters. The average Bonchev–Trinajstić information content (AvgIpc) is 2.56. The first kappa shape index (κ1) is 17.3. The van der Waals surface area contributed by atoms with Crippen molar-refractivity contribution >= 4 is 21.9 Å². The molecule has 0 aliphatic rings. The fourth-order valence-corrected chi connectivity index (χ4v) is 2.70. The van der Waals surface area contributed by atoms with Crippen LogP contribution in [0.15, 0.2) is 51.9 Å². The molecule has 0 fully saturated rings. The lowest BCUT2D eigenvalue weighted by Gasteiger charge is -2.13. The maximum atomic E-state index is 5.24. The quantitative estimate of drug-likeness (QED) is 0.619. The van der Waals surface area contributed by atoms with Crippen molar-refractivity contribution in [2.24, 2.45) is 4.99 Å². The van der Waals surface area contributed by atoms with E-state index in [0.29, 0.717) is 6.54 Å². The highest BCUT2D eigenvalue weighted by molar-refractivity contribution is 9.10. The van der Waals surface area contributed by atoms with E-state index in [1.807, 2.05) is 18.2 Å². The van der Waals surface area contributed by atoms with Gasteiger partial charge in [-0.2, -0.15) is 0 Å². The smallest absolute Gasteiger partial charge is 0.191 e. The van der Waals surface area contributed by atoms with Crippen LogP contribution in [0.5, 0.6) is 5.75 Å². The van der Waals surface area contributed by atoms with Crippen molar-refractivity contribution in [3.05, 3.63) is 63.6 Å². The minimum atomic E-state index is 0.691. The lowest BCUT2D eigenvalue weighted by molar-refractivity contribution is 0.414. The number of ether oxygens (including phenoxy) is 1. The van der Waals surface area contributed by atoms with Crippen molar-refractivity contribution in [2.75, 3.05) is 14.2 Å². The van der Waals surface area contributed by atoms with Gasteiger partial charge in [0.25, 0.3) is 0 Å². The highest BCUT2D eigenvalue weighted by atomic mass is 79.9. The maximum absolute atomic E-state index is 5.24. The zero-order valence-corrected chi connectivity index (χ0v) is 15.3. The van der Waals surface area contributed by atoms with Gasteiger partial charge in [0.1, 0.15) is 5.75 Å². The van der Waals surface area contributed by atoms with Crippen molar-refractivity contribution < 1.29 is 4.74 Å². The van der Waals surface area contributed by atoms with Crippen LogP contribution in [-0.4, -0.2) is 20.1 Å². The minimum absolute atomic E-state index is 0.691. The van der Waals surface area contributed by atoms with Crippen LogP contribution in [-0.2, 0) is 13.1 Å². The zero-order valence-electron chi connectivity index (χ0n) is 13.7. The third kappa shape index (κ3) is 5.28. The predicted octanol–water partition coefficient (Wildman–Crippen LogP) is 3.63. The van der Waals surface area contributed by atoms with Gasteiger partial charge in [-0.05, 0) is 47.9 Å². The number of aryl methyl sites for hydroxylation is 1. The molecule has 0 saturated heterocycles. The molecular weight excluding hydrogens is 354 g/mol. The number of methoxy groups -OCH3 is 1. The van der Waals surface area contributed by atoms with Crippen LogP contribution in [0, 0.1) is 6.92 Å². The van der Waals surface area contributed by atoms with Crippen LogP contribution in [0.25, 0.3) is 0 Å². The molecule has 0 aliphatic carbocycles. The summed E-state index contributed by atoms with van der Waals surface area (Å²) in [6, 6.07) is 14.3. The molecule has 0 unspecified atom stereocenters. The van der Waals surface area contributed by atoms with Gasteiger partial charge < -0.3 is 15.4 Å². The summed E-state index contributed by atoms with van der Waals surface area (Å²) in [5.41, 5.74) is 3.64. The molecule has 2 N–H and O–H groups in total. The van der Waals surface area contributed by atoms with Crippen molar-refractivity contribution in [3.63, 3.8) is 0 Å². The fourth-order valence-electron chi connectivity index (χ4n) is 2.23. The summed E-state index contributed by atoms with van der Waals surface area (Å²) in [6.45, 7) is 3.53. The highest BCUT2D eigenvalue weighted by Crippen LogP contribution is 2.15. The van der Waals surface area contributed by atoms with Gasteiger partial charge in [-0.1, -0.05) is 34.1 Å². The van der Waals surface area contributed by atoms with Gasteiger partial charge in [-0.3, -0.25) is 4.99 Å². The lowest BCUT2D eigenvalue weighted by Crippen LogP contribution is -2.36. The Hall–Kier alpha value is -2.01. The standard InChI is InChI=1S/C18H22BrN3O/c1-13-9-16(19)8-7-15(13)12-22-18(20-2)21-11-14-5-4-6-17(10-14)23-3/h4-10H,11-12H2,1-3H3,(H2,20,21,22). The van der Waals surface area contributed by atoms with Crippen LogP contribution in [0.4, 0.5) is 0 Å². The summed E-state index contributed by atoms with van der Waals surface area (Å²) >= 11 is 3.49. The van der Waals surface area contributed by atoms with Crippen LogP contribution < -0.4 is 15.4 Å². The van der Waals surface area contributed by atoms with Crippen LogP contribution in [0.1, 0.15) is 16.7 Å². The van der Waals surface area contributed by atoms with Gasteiger partial charge in [-0.25, -0.2) is 0 Å². The monoisotopic (exact) mass is 375 g/mol. The maximum Gasteiger partial charge on any atom is 0.191 e. The largest absolute Gasteiger partial charge is 0.497 e. The van der Waals surface area contributed by atoms with E-state index < -0.39 is 0 Å². The van der Waals surface area contributed by atoms with Crippen molar-refractivity contribution in [1.29, 1.82) is 0 Å². The van der Waals surface area contributed by atoms with Gasteiger partial charge in [0.05, 0.1) is 7.11 Å². The molecule has 0 bridgehead atoms. The van der Waals surface area contributed by atoms with Crippen molar-refractivity contribution in [1.82, 2.24) is 10.6 Å². The molecule has 0 spiro atoms. The summed E-state index contributed by atoms with van der Waals surface area (Å²) in [4.78, 5) is 4.26. The summed E-state index contributed by atoms with van der Waals surface area (Å²) in [5, 5.41) is 6.65. The number of rotatable bonds is 5. The molecule has 0 amide bonds.